The van der Waals surface area contributed by atoms with Crippen molar-refractivity contribution in [2.75, 3.05) is 24.7 Å². The Balaban J connectivity index is 1.62. The minimum atomic E-state index is -0.424. The predicted molar refractivity (Wildman–Crippen MR) is 90.7 cm³/mol. The first-order valence-electron chi connectivity index (χ1n) is 8.88. The van der Waals surface area contributed by atoms with Gasteiger partial charge in [-0.05, 0) is 57.1 Å². The fourth-order valence-electron chi connectivity index (χ4n) is 3.40. The lowest BCUT2D eigenvalue weighted by atomic mass is 10.1. The molecule has 0 bridgehead atoms. The molecule has 1 fully saturated rings. The fourth-order valence-corrected chi connectivity index (χ4v) is 3.40. The Labute approximate surface area is 138 Å². The molecule has 4 heteroatoms. The van der Waals surface area contributed by atoms with Gasteiger partial charge >= 0.3 is 0 Å². The van der Waals surface area contributed by atoms with Crippen molar-refractivity contribution in [1.82, 2.24) is 0 Å². The van der Waals surface area contributed by atoms with Crippen molar-refractivity contribution in [3.8, 4) is 0 Å². The van der Waals surface area contributed by atoms with Gasteiger partial charge in [0.15, 0.2) is 0 Å². The van der Waals surface area contributed by atoms with E-state index >= 15 is 0 Å². The smallest absolute Gasteiger partial charge is 0.255 e. The minimum absolute atomic E-state index is 0.0650. The second-order valence-corrected chi connectivity index (χ2v) is 6.54. The molecule has 0 spiro atoms. The van der Waals surface area contributed by atoms with Crippen molar-refractivity contribution < 1.29 is 14.3 Å². The van der Waals surface area contributed by atoms with E-state index in [0.29, 0.717) is 6.61 Å². The Bertz CT molecular complexity index is 525. The molecule has 2 aliphatic heterocycles. The summed E-state index contributed by atoms with van der Waals surface area (Å²) in [5.41, 5.74) is 2.32. The number of ether oxygens (including phenoxy) is 2. The third-order valence-corrected chi connectivity index (χ3v) is 4.78. The first kappa shape index (κ1) is 16.5. The number of benzene rings is 1. The molecule has 2 heterocycles. The zero-order valence-corrected chi connectivity index (χ0v) is 14.0. The van der Waals surface area contributed by atoms with Crippen LogP contribution in [0.5, 0.6) is 0 Å². The monoisotopic (exact) mass is 317 g/mol. The van der Waals surface area contributed by atoms with Crippen LogP contribution in [0.1, 0.15) is 44.6 Å². The molecular weight excluding hydrogens is 290 g/mol. The summed E-state index contributed by atoms with van der Waals surface area (Å²) in [6, 6.07) is 8.23. The zero-order chi connectivity index (χ0) is 16.1. The third kappa shape index (κ3) is 4.12. The number of para-hydroxylation sites is 1. The molecule has 126 valence electrons. The zero-order valence-electron chi connectivity index (χ0n) is 14.0. The Morgan fingerprint density at radius 3 is 3.00 bits per heavy atom. The van der Waals surface area contributed by atoms with Crippen LogP contribution in [0.3, 0.4) is 0 Å². The normalized spacial score (nSPS) is 23.0. The van der Waals surface area contributed by atoms with E-state index in [-0.39, 0.29) is 12.0 Å². The van der Waals surface area contributed by atoms with Crippen molar-refractivity contribution in [2.24, 2.45) is 0 Å². The highest BCUT2D eigenvalue weighted by Crippen LogP contribution is 2.27. The van der Waals surface area contributed by atoms with E-state index in [2.05, 4.69) is 12.1 Å². The maximum absolute atomic E-state index is 12.8. The van der Waals surface area contributed by atoms with E-state index in [0.717, 1.165) is 50.9 Å². The topological polar surface area (TPSA) is 38.8 Å². The highest BCUT2D eigenvalue weighted by atomic mass is 16.5. The van der Waals surface area contributed by atoms with Crippen molar-refractivity contribution in [3.63, 3.8) is 0 Å². The third-order valence-electron chi connectivity index (χ3n) is 4.78. The molecule has 2 aliphatic rings. The van der Waals surface area contributed by atoms with E-state index in [1.165, 1.54) is 12.0 Å². The summed E-state index contributed by atoms with van der Waals surface area (Å²) < 4.78 is 11.5. The molecule has 2 atom stereocenters. The van der Waals surface area contributed by atoms with Gasteiger partial charge in [0.1, 0.15) is 6.10 Å². The van der Waals surface area contributed by atoms with Crippen LogP contribution >= 0.6 is 0 Å². The van der Waals surface area contributed by atoms with Crippen molar-refractivity contribution in [3.05, 3.63) is 29.8 Å². The summed E-state index contributed by atoms with van der Waals surface area (Å²) in [4.78, 5) is 14.8. The van der Waals surface area contributed by atoms with Gasteiger partial charge in [-0.15, -0.1) is 0 Å². The van der Waals surface area contributed by atoms with Crippen LogP contribution in [0, 0.1) is 0 Å². The number of carbonyl (C=O) groups is 1. The lowest BCUT2D eigenvalue weighted by Crippen LogP contribution is -2.41. The molecule has 0 aromatic heterocycles. The molecule has 1 amide bonds. The van der Waals surface area contributed by atoms with Crippen LogP contribution in [0.25, 0.3) is 0 Å². The van der Waals surface area contributed by atoms with E-state index in [1.54, 1.807) is 0 Å². The number of rotatable bonds is 4. The van der Waals surface area contributed by atoms with Crippen LogP contribution in [0.15, 0.2) is 24.3 Å². The Morgan fingerprint density at radius 1 is 1.30 bits per heavy atom. The Hall–Kier alpha value is -1.39. The van der Waals surface area contributed by atoms with Gasteiger partial charge in [0.25, 0.3) is 5.91 Å². The lowest BCUT2D eigenvalue weighted by molar-refractivity contribution is -0.132. The summed E-state index contributed by atoms with van der Waals surface area (Å²) in [5, 5.41) is 0. The average molecular weight is 317 g/mol. The summed E-state index contributed by atoms with van der Waals surface area (Å²) >= 11 is 0. The number of fused-ring (bicyclic) bond motifs is 1. The van der Waals surface area contributed by atoms with E-state index in [9.17, 15) is 4.79 Å². The number of hydrogen-bond donors (Lipinski definition) is 0. The van der Waals surface area contributed by atoms with E-state index in [1.807, 2.05) is 24.0 Å². The molecule has 0 aliphatic carbocycles. The maximum atomic E-state index is 12.8. The van der Waals surface area contributed by atoms with E-state index < -0.39 is 6.10 Å². The SMILES string of the molecule is CC(OCC1CCCCO1)C(=O)N1CCCCc2ccccc21. The van der Waals surface area contributed by atoms with Crippen molar-refractivity contribution >= 4 is 11.6 Å². The molecule has 3 rings (SSSR count). The van der Waals surface area contributed by atoms with Gasteiger partial charge in [0, 0.05) is 18.8 Å². The van der Waals surface area contributed by atoms with Crippen molar-refractivity contribution in [2.45, 2.75) is 57.7 Å². The molecule has 4 nitrogen and oxygen atoms in total. The number of carbonyl (C=O) groups excluding carboxylic acids is 1. The molecule has 0 saturated carbocycles. The van der Waals surface area contributed by atoms with Gasteiger partial charge in [-0.3, -0.25) is 4.79 Å². The molecule has 23 heavy (non-hydrogen) atoms. The molecule has 1 aromatic rings. The van der Waals surface area contributed by atoms with Gasteiger partial charge in [0.2, 0.25) is 0 Å². The number of amides is 1. The maximum Gasteiger partial charge on any atom is 0.255 e. The second kappa shape index (κ2) is 7.93. The lowest BCUT2D eigenvalue weighted by Gasteiger charge is -2.28. The predicted octanol–water partition coefficient (Wildman–Crippen LogP) is 3.33. The molecule has 2 unspecified atom stereocenters. The van der Waals surface area contributed by atoms with E-state index in [4.69, 9.17) is 9.47 Å². The standard InChI is InChI=1S/C19H27NO3/c1-15(23-14-17-10-5-7-13-22-17)19(21)20-12-6-4-9-16-8-2-3-11-18(16)20/h2-3,8,11,15,17H,4-7,9-10,12-14H2,1H3. The largest absolute Gasteiger partial charge is 0.376 e. The van der Waals surface area contributed by atoms with Crippen LogP contribution in [0.2, 0.25) is 0 Å². The van der Waals surface area contributed by atoms with Crippen LogP contribution in [0.4, 0.5) is 5.69 Å². The van der Waals surface area contributed by atoms with Gasteiger partial charge in [-0.2, -0.15) is 0 Å². The molecule has 0 N–H and O–H groups in total. The minimum Gasteiger partial charge on any atom is -0.376 e. The number of anilines is 1. The summed E-state index contributed by atoms with van der Waals surface area (Å²) in [6.45, 7) is 3.97. The van der Waals surface area contributed by atoms with Gasteiger partial charge in [0.05, 0.1) is 12.7 Å². The Morgan fingerprint density at radius 2 is 2.17 bits per heavy atom. The molecule has 0 radical (unpaired) electrons. The summed E-state index contributed by atoms with van der Waals surface area (Å²) in [5.74, 6) is 0.0650. The quantitative estimate of drug-likeness (QED) is 0.855. The highest BCUT2D eigenvalue weighted by molar-refractivity contribution is 5.97. The summed E-state index contributed by atoms with van der Waals surface area (Å²) in [6.07, 6.45) is 6.30. The van der Waals surface area contributed by atoms with Crippen molar-refractivity contribution in [1.29, 1.82) is 0 Å². The van der Waals surface area contributed by atoms with Gasteiger partial charge in [-0.1, -0.05) is 18.2 Å². The average Bonchev–Trinajstić information content (AvgIpc) is 2.82. The van der Waals surface area contributed by atoms with Gasteiger partial charge < -0.3 is 14.4 Å². The first-order valence-corrected chi connectivity index (χ1v) is 8.88. The number of hydrogen-bond acceptors (Lipinski definition) is 3. The fraction of sp³-hybridized carbons (Fsp3) is 0.632. The summed E-state index contributed by atoms with van der Waals surface area (Å²) in [7, 11) is 0. The molecular formula is C19H27NO3. The van der Waals surface area contributed by atoms with Gasteiger partial charge in [-0.25, -0.2) is 0 Å². The molecule has 1 saturated heterocycles. The van der Waals surface area contributed by atoms with Crippen LogP contribution in [-0.2, 0) is 20.7 Å². The van der Waals surface area contributed by atoms with Crippen LogP contribution < -0.4 is 4.90 Å². The number of aryl methyl sites for hydroxylation is 1. The van der Waals surface area contributed by atoms with Crippen LogP contribution in [-0.4, -0.2) is 37.9 Å². The molecule has 1 aromatic carbocycles. The first-order chi connectivity index (χ1) is 11.3. The number of nitrogens with zero attached hydrogens (tertiary/aromatic N) is 1. The highest BCUT2D eigenvalue weighted by Gasteiger charge is 2.26. The Kier molecular flexibility index (Phi) is 5.68. The second-order valence-electron chi connectivity index (χ2n) is 6.54.